The van der Waals surface area contributed by atoms with Crippen LogP contribution in [0, 0.1) is 6.92 Å². The molecule has 0 spiro atoms. The standard InChI is InChI=1S/C15H18O4S/c1-3-20(17,18)8-4-5-13(16)15-10-12-9-11(2)6-7-14(12)19-15/h6-7,9-10H,3-5,8H2,1-2H3. The Kier molecular flexibility index (Phi) is 4.28. The molecule has 5 heteroatoms. The summed E-state index contributed by atoms with van der Waals surface area (Å²) in [6, 6.07) is 7.44. The molecule has 0 amide bonds. The molecule has 20 heavy (non-hydrogen) atoms. The van der Waals surface area contributed by atoms with Crippen LogP contribution in [-0.2, 0) is 9.84 Å². The zero-order valence-corrected chi connectivity index (χ0v) is 12.5. The van der Waals surface area contributed by atoms with E-state index < -0.39 is 9.84 Å². The molecule has 0 fully saturated rings. The average molecular weight is 294 g/mol. The van der Waals surface area contributed by atoms with Crippen LogP contribution in [0.2, 0.25) is 0 Å². The van der Waals surface area contributed by atoms with Crippen molar-refractivity contribution in [1.29, 1.82) is 0 Å². The molecule has 0 aliphatic rings. The molecule has 108 valence electrons. The zero-order chi connectivity index (χ0) is 14.8. The summed E-state index contributed by atoms with van der Waals surface area (Å²) < 4.78 is 28.2. The lowest BCUT2D eigenvalue weighted by Gasteiger charge is -1.99. The molecular formula is C15H18O4S. The Bertz CT molecular complexity index is 725. The molecule has 0 aliphatic heterocycles. The molecular weight excluding hydrogens is 276 g/mol. The Morgan fingerprint density at radius 1 is 1.25 bits per heavy atom. The van der Waals surface area contributed by atoms with Gasteiger partial charge in [-0.1, -0.05) is 18.6 Å². The molecule has 0 saturated heterocycles. The highest BCUT2D eigenvalue weighted by molar-refractivity contribution is 7.91. The first-order chi connectivity index (χ1) is 9.41. The largest absolute Gasteiger partial charge is 0.453 e. The van der Waals surface area contributed by atoms with Gasteiger partial charge in [0.05, 0.1) is 5.75 Å². The van der Waals surface area contributed by atoms with Crippen LogP contribution in [0.3, 0.4) is 0 Å². The fourth-order valence-corrected chi connectivity index (χ4v) is 2.89. The van der Waals surface area contributed by atoms with Crippen LogP contribution in [0.1, 0.15) is 35.9 Å². The Balaban J connectivity index is 2.04. The summed E-state index contributed by atoms with van der Waals surface area (Å²) in [7, 11) is -3.01. The van der Waals surface area contributed by atoms with Gasteiger partial charge in [-0.15, -0.1) is 0 Å². The molecule has 0 unspecified atom stereocenters. The minimum absolute atomic E-state index is 0.0502. The summed E-state index contributed by atoms with van der Waals surface area (Å²) in [4.78, 5) is 12.0. The van der Waals surface area contributed by atoms with Gasteiger partial charge < -0.3 is 4.42 Å². The Morgan fingerprint density at radius 2 is 2.00 bits per heavy atom. The Morgan fingerprint density at radius 3 is 2.70 bits per heavy atom. The smallest absolute Gasteiger partial charge is 0.198 e. The van der Waals surface area contributed by atoms with Crippen LogP contribution in [0.5, 0.6) is 0 Å². The molecule has 1 aromatic carbocycles. The van der Waals surface area contributed by atoms with Crippen molar-refractivity contribution < 1.29 is 17.6 Å². The molecule has 0 N–H and O–H groups in total. The van der Waals surface area contributed by atoms with Gasteiger partial charge in [0.25, 0.3) is 0 Å². The fraction of sp³-hybridized carbons (Fsp3) is 0.400. The highest BCUT2D eigenvalue weighted by atomic mass is 32.2. The maximum Gasteiger partial charge on any atom is 0.198 e. The summed E-state index contributed by atoms with van der Waals surface area (Å²) in [6.07, 6.45) is 0.531. The number of carbonyl (C=O) groups excluding carboxylic acids is 1. The lowest BCUT2D eigenvalue weighted by molar-refractivity contribution is 0.0957. The predicted molar refractivity (Wildman–Crippen MR) is 78.8 cm³/mol. The maximum absolute atomic E-state index is 12.0. The van der Waals surface area contributed by atoms with Gasteiger partial charge in [0, 0.05) is 17.6 Å². The van der Waals surface area contributed by atoms with Crippen molar-refractivity contribution in [2.24, 2.45) is 0 Å². The van der Waals surface area contributed by atoms with Crippen LogP contribution >= 0.6 is 0 Å². The summed E-state index contributed by atoms with van der Waals surface area (Å²) in [5, 5.41) is 0.898. The van der Waals surface area contributed by atoms with Crippen molar-refractivity contribution in [3.05, 3.63) is 35.6 Å². The van der Waals surface area contributed by atoms with Crippen molar-refractivity contribution in [2.75, 3.05) is 11.5 Å². The van der Waals surface area contributed by atoms with E-state index in [2.05, 4.69) is 0 Å². The van der Waals surface area contributed by atoms with Crippen LogP contribution in [-0.4, -0.2) is 25.7 Å². The first-order valence-corrected chi connectivity index (χ1v) is 8.47. The number of carbonyl (C=O) groups is 1. The third-order valence-electron chi connectivity index (χ3n) is 3.25. The number of benzene rings is 1. The average Bonchev–Trinajstić information content (AvgIpc) is 2.81. The van der Waals surface area contributed by atoms with Crippen molar-refractivity contribution in [3.63, 3.8) is 0 Å². The van der Waals surface area contributed by atoms with Crippen LogP contribution < -0.4 is 0 Å². The van der Waals surface area contributed by atoms with Gasteiger partial charge >= 0.3 is 0 Å². The Hall–Kier alpha value is -1.62. The minimum Gasteiger partial charge on any atom is -0.453 e. The minimum atomic E-state index is -3.01. The summed E-state index contributed by atoms with van der Waals surface area (Å²) >= 11 is 0. The van der Waals surface area contributed by atoms with Gasteiger partial charge in [-0.25, -0.2) is 8.42 Å². The zero-order valence-electron chi connectivity index (χ0n) is 11.7. The highest BCUT2D eigenvalue weighted by Gasteiger charge is 2.14. The molecule has 1 heterocycles. The molecule has 0 atom stereocenters. The fourth-order valence-electron chi connectivity index (χ4n) is 2.02. The van der Waals surface area contributed by atoms with Crippen molar-refractivity contribution in [3.8, 4) is 0 Å². The molecule has 0 radical (unpaired) electrons. The number of Topliss-reactive ketones (excluding diaryl/α,β-unsaturated/α-hetero) is 1. The van der Waals surface area contributed by atoms with E-state index >= 15 is 0 Å². The number of hydrogen-bond acceptors (Lipinski definition) is 4. The Labute approximate surface area is 118 Å². The molecule has 4 nitrogen and oxygen atoms in total. The second-order valence-electron chi connectivity index (χ2n) is 4.92. The van der Waals surface area contributed by atoms with E-state index in [1.165, 1.54) is 0 Å². The summed E-state index contributed by atoms with van der Waals surface area (Å²) in [5.41, 5.74) is 1.78. The number of furan rings is 1. The third kappa shape index (κ3) is 3.48. The normalized spacial score (nSPS) is 11.9. The number of aryl methyl sites for hydroxylation is 1. The van der Waals surface area contributed by atoms with Gasteiger partial charge in [-0.2, -0.15) is 0 Å². The number of fused-ring (bicyclic) bond motifs is 1. The van der Waals surface area contributed by atoms with Crippen molar-refractivity contribution in [1.82, 2.24) is 0 Å². The third-order valence-corrected chi connectivity index (χ3v) is 5.04. The van der Waals surface area contributed by atoms with Gasteiger partial charge in [-0.3, -0.25) is 4.79 Å². The van der Waals surface area contributed by atoms with Gasteiger partial charge in [-0.05, 0) is 31.5 Å². The summed E-state index contributed by atoms with van der Waals surface area (Å²) in [5.74, 6) is 0.323. The van der Waals surface area contributed by atoms with E-state index in [0.29, 0.717) is 17.8 Å². The van der Waals surface area contributed by atoms with E-state index in [0.717, 1.165) is 10.9 Å². The molecule has 2 rings (SSSR count). The topological polar surface area (TPSA) is 64.3 Å². The second-order valence-corrected chi connectivity index (χ2v) is 7.39. The monoisotopic (exact) mass is 294 g/mol. The van der Waals surface area contributed by atoms with Crippen LogP contribution in [0.15, 0.2) is 28.7 Å². The molecule has 1 aromatic heterocycles. The quantitative estimate of drug-likeness (QED) is 0.768. The second kappa shape index (κ2) is 5.79. The molecule has 0 bridgehead atoms. The van der Waals surface area contributed by atoms with Crippen molar-refractivity contribution in [2.45, 2.75) is 26.7 Å². The maximum atomic E-state index is 12.0. The van der Waals surface area contributed by atoms with Crippen molar-refractivity contribution >= 4 is 26.6 Å². The SMILES string of the molecule is CCS(=O)(=O)CCCC(=O)c1cc2cc(C)ccc2o1. The summed E-state index contributed by atoms with van der Waals surface area (Å²) in [6.45, 7) is 3.59. The van der Waals surface area contributed by atoms with Gasteiger partial charge in [0.1, 0.15) is 15.4 Å². The van der Waals surface area contributed by atoms with E-state index in [1.807, 2.05) is 25.1 Å². The number of ketones is 1. The highest BCUT2D eigenvalue weighted by Crippen LogP contribution is 2.21. The van der Waals surface area contributed by atoms with Crippen LogP contribution in [0.25, 0.3) is 11.0 Å². The van der Waals surface area contributed by atoms with Gasteiger partial charge in [0.2, 0.25) is 0 Å². The molecule has 2 aromatic rings. The first-order valence-electron chi connectivity index (χ1n) is 6.65. The van der Waals surface area contributed by atoms with E-state index in [9.17, 15) is 13.2 Å². The molecule has 0 aliphatic carbocycles. The predicted octanol–water partition coefficient (Wildman–Crippen LogP) is 3.14. The van der Waals surface area contributed by atoms with E-state index in [-0.39, 0.29) is 23.7 Å². The molecule has 0 saturated carbocycles. The first kappa shape index (κ1) is 14.8. The van der Waals surface area contributed by atoms with E-state index in [4.69, 9.17) is 4.42 Å². The lowest BCUT2D eigenvalue weighted by atomic mass is 10.1. The number of sulfone groups is 1. The van der Waals surface area contributed by atoms with E-state index in [1.54, 1.807) is 13.0 Å². The lowest BCUT2D eigenvalue weighted by Crippen LogP contribution is -2.10. The van der Waals surface area contributed by atoms with Gasteiger partial charge in [0.15, 0.2) is 11.5 Å². The van der Waals surface area contributed by atoms with Crippen LogP contribution in [0.4, 0.5) is 0 Å². The number of hydrogen-bond donors (Lipinski definition) is 0. The number of rotatable bonds is 6.